The highest BCUT2D eigenvalue weighted by atomic mass is 16.2. The van der Waals surface area contributed by atoms with Crippen LogP contribution in [0.15, 0.2) is 24.5 Å². The van der Waals surface area contributed by atoms with Gasteiger partial charge in [-0.25, -0.2) is 0 Å². The van der Waals surface area contributed by atoms with Crippen LogP contribution < -0.4 is 10.2 Å². The standard InChI is InChI=1S/C12H17N3O/c1-15(10-5-4-7-13-9-10)12(16)11-6-2-3-8-14-11/h4-5,7,9,11,14H,2-3,6,8H2,1H3/t11-/m1/s1. The number of hydrogen-bond donors (Lipinski definition) is 1. The summed E-state index contributed by atoms with van der Waals surface area (Å²) in [5, 5.41) is 3.26. The summed E-state index contributed by atoms with van der Waals surface area (Å²) in [6.07, 6.45) is 6.65. The van der Waals surface area contributed by atoms with Gasteiger partial charge in [0.1, 0.15) is 0 Å². The van der Waals surface area contributed by atoms with E-state index in [1.54, 1.807) is 24.3 Å². The molecule has 0 unspecified atom stereocenters. The van der Waals surface area contributed by atoms with Gasteiger partial charge in [-0.05, 0) is 31.5 Å². The second kappa shape index (κ2) is 5.07. The van der Waals surface area contributed by atoms with Crippen molar-refractivity contribution in [1.29, 1.82) is 0 Å². The molecular weight excluding hydrogens is 202 g/mol. The van der Waals surface area contributed by atoms with Crippen LogP contribution in [0.3, 0.4) is 0 Å². The fourth-order valence-corrected chi connectivity index (χ4v) is 1.98. The van der Waals surface area contributed by atoms with Crippen LogP contribution in [0.2, 0.25) is 0 Å². The molecule has 1 fully saturated rings. The maximum absolute atomic E-state index is 12.1. The number of hydrogen-bond acceptors (Lipinski definition) is 3. The minimum atomic E-state index is -0.0287. The third-order valence-electron chi connectivity index (χ3n) is 2.97. The summed E-state index contributed by atoms with van der Waals surface area (Å²) in [6, 6.07) is 3.71. The summed E-state index contributed by atoms with van der Waals surface area (Å²) < 4.78 is 0. The predicted molar refractivity (Wildman–Crippen MR) is 63.3 cm³/mol. The highest BCUT2D eigenvalue weighted by molar-refractivity contribution is 5.96. The van der Waals surface area contributed by atoms with Crippen molar-refractivity contribution >= 4 is 11.6 Å². The number of rotatable bonds is 2. The fourth-order valence-electron chi connectivity index (χ4n) is 1.98. The van der Waals surface area contributed by atoms with E-state index >= 15 is 0 Å². The van der Waals surface area contributed by atoms with E-state index in [1.807, 2.05) is 12.1 Å². The molecule has 1 N–H and O–H groups in total. The lowest BCUT2D eigenvalue weighted by atomic mass is 10.0. The summed E-state index contributed by atoms with van der Waals surface area (Å²) in [6.45, 7) is 0.942. The molecule has 4 nitrogen and oxygen atoms in total. The van der Waals surface area contributed by atoms with Gasteiger partial charge in [-0.3, -0.25) is 9.78 Å². The van der Waals surface area contributed by atoms with Gasteiger partial charge in [0, 0.05) is 13.2 Å². The molecule has 0 spiro atoms. The van der Waals surface area contributed by atoms with Crippen molar-refractivity contribution in [1.82, 2.24) is 10.3 Å². The monoisotopic (exact) mass is 219 g/mol. The molecule has 1 atom stereocenters. The Balaban J connectivity index is 2.04. The molecule has 1 amide bonds. The number of nitrogens with zero attached hydrogens (tertiary/aromatic N) is 2. The van der Waals surface area contributed by atoms with Crippen molar-refractivity contribution in [3.63, 3.8) is 0 Å². The molecule has 0 radical (unpaired) electrons. The first-order chi connectivity index (χ1) is 7.79. The Morgan fingerprint density at radius 2 is 2.44 bits per heavy atom. The second-order valence-electron chi connectivity index (χ2n) is 4.11. The first-order valence-electron chi connectivity index (χ1n) is 5.70. The van der Waals surface area contributed by atoms with Crippen LogP contribution in [0.4, 0.5) is 5.69 Å². The summed E-state index contributed by atoms with van der Waals surface area (Å²) >= 11 is 0. The van der Waals surface area contributed by atoms with Gasteiger partial charge in [0.05, 0.1) is 17.9 Å². The average Bonchev–Trinajstić information content (AvgIpc) is 2.39. The lowest BCUT2D eigenvalue weighted by Crippen LogP contribution is -2.47. The number of likely N-dealkylation sites (N-methyl/N-ethyl adjacent to an activating group) is 1. The van der Waals surface area contributed by atoms with Gasteiger partial charge in [-0.1, -0.05) is 6.42 Å². The van der Waals surface area contributed by atoms with Crippen molar-refractivity contribution in [3.05, 3.63) is 24.5 Å². The van der Waals surface area contributed by atoms with Gasteiger partial charge in [0.2, 0.25) is 5.91 Å². The van der Waals surface area contributed by atoms with Gasteiger partial charge < -0.3 is 10.2 Å². The van der Waals surface area contributed by atoms with Crippen LogP contribution in [-0.4, -0.2) is 30.5 Å². The number of carbonyl (C=O) groups is 1. The predicted octanol–water partition coefficient (Wildman–Crippen LogP) is 1.19. The Kier molecular flexibility index (Phi) is 3.51. The third-order valence-corrected chi connectivity index (χ3v) is 2.97. The number of anilines is 1. The normalized spacial score (nSPS) is 20.4. The molecule has 1 saturated heterocycles. The van der Waals surface area contributed by atoms with Crippen molar-refractivity contribution in [2.24, 2.45) is 0 Å². The highest BCUT2D eigenvalue weighted by Crippen LogP contribution is 2.14. The van der Waals surface area contributed by atoms with Gasteiger partial charge in [-0.2, -0.15) is 0 Å². The van der Waals surface area contributed by atoms with E-state index in [0.29, 0.717) is 0 Å². The summed E-state index contributed by atoms with van der Waals surface area (Å²) in [7, 11) is 1.80. The minimum Gasteiger partial charge on any atom is -0.313 e. The number of nitrogens with one attached hydrogen (secondary N) is 1. The molecule has 1 aromatic rings. The van der Waals surface area contributed by atoms with Crippen LogP contribution >= 0.6 is 0 Å². The van der Waals surface area contributed by atoms with Crippen LogP contribution in [0.25, 0.3) is 0 Å². The van der Waals surface area contributed by atoms with Crippen molar-refractivity contribution < 1.29 is 4.79 Å². The zero-order valence-electron chi connectivity index (χ0n) is 9.52. The lowest BCUT2D eigenvalue weighted by Gasteiger charge is -2.27. The van der Waals surface area contributed by atoms with Crippen LogP contribution in [-0.2, 0) is 4.79 Å². The maximum atomic E-state index is 12.1. The van der Waals surface area contributed by atoms with E-state index < -0.39 is 0 Å². The molecule has 1 aliphatic rings. The van der Waals surface area contributed by atoms with Gasteiger partial charge >= 0.3 is 0 Å². The lowest BCUT2D eigenvalue weighted by molar-refractivity contribution is -0.120. The van der Waals surface area contributed by atoms with Crippen molar-refractivity contribution in [2.45, 2.75) is 25.3 Å². The molecule has 1 aliphatic heterocycles. The third kappa shape index (κ3) is 2.39. The molecule has 1 aromatic heterocycles. The van der Waals surface area contributed by atoms with Gasteiger partial charge in [0.25, 0.3) is 0 Å². The molecule has 0 bridgehead atoms. The van der Waals surface area contributed by atoms with E-state index in [2.05, 4.69) is 10.3 Å². The molecule has 0 aromatic carbocycles. The number of carbonyl (C=O) groups excluding carboxylic acids is 1. The second-order valence-corrected chi connectivity index (χ2v) is 4.11. The van der Waals surface area contributed by atoms with E-state index in [1.165, 1.54) is 6.42 Å². The Bertz CT molecular complexity index is 347. The van der Waals surface area contributed by atoms with Crippen LogP contribution in [0, 0.1) is 0 Å². The quantitative estimate of drug-likeness (QED) is 0.812. The summed E-state index contributed by atoms with van der Waals surface area (Å²) in [5.74, 6) is 0.132. The number of pyridine rings is 1. The van der Waals surface area contributed by atoms with E-state index in [0.717, 1.165) is 25.1 Å². The number of aromatic nitrogens is 1. The first-order valence-corrected chi connectivity index (χ1v) is 5.70. The molecular formula is C12H17N3O. The zero-order chi connectivity index (χ0) is 11.4. The fraction of sp³-hybridized carbons (Fsp3) is 0.500. The van der Waals surface area contributed by atoms with E-state index in [-0.39, 0.29) is 11.9 Å². The molecule has 0 saturated carbocycles. The minimum absolute atomic E-state index is 0.0287. The molecule has 0 aliphatic carbocycles. The Labute approximate surface area is 95.7 Å². The Morgan fingerprint density at radius 1 is 1.56 bits per heavy atom. The van der Waals surface area contributed by atoms with Gasteiger partial charge in [0.15, 0.2) is 0 Å². The smallest absolute Gasteiger partial charge is 0.243 e. The zero-order valence-corrected chi connectivity index (χ0v) is 9.52. The van der Waals surface area contributed by atoms with Crippen LogP contribution in [0.1, 0.15) is 19.3 Å². The molecule has 4 heteroatoms. The highest BCUT2D eigenvalue weighted by Gasteiger charge is 2.24. The van der Waals surface area contributed by atoms with Gasteiger partial charge in [-0.15, -0.1) is 0 Å². The molecule has 2 heterocycles. The average molecular weight is 219 g/mol. The number of piperidine rings is 1. The van der Waals surface area contributed by atoms with Crippen LogP contribution in [0.5, 0.6) is 0 Å². The van der Waals surface area contributed by atoms with Crippen molar-refractivity contribution in [3.8, 4) is 0 Å². The van der Waals surface area contributed by atoms with E-state index in [9.17, 15) is 4.79 Å². The number of amides is 1. The maximum Gasteiger partial charge on any atom is 0.243 e. The molecule has 2 rings (SSSR count). The topological polar surface area (TPSA) is 45.2 Å². The Morgan fingerprint density at radius 3 is 3.06 bits per heavy atom. The summed E-state index contributed by atoms with van der Waals surface area (Å²) in [5.41, 5.74) is 0.847. The largest absolute Gasteiger partial charge is 0.313 e. The van der Waals surface area contributed by atoms with Crippen molar-refractivity contribution in [2.75, 3.05) is 18.5 Å². The first kappa shape index (κ1) is 11.1. The SMILES string of the molecule is CN(C(=O)[C@H]1CCCCN1)c1cccnc1. The summed E-state index contributed by atoms with van der Waals surface area (Å²) in [4.78, 5) is 17.8. The Hall–Kier alpha value is -1.42. The molecule has 86 valence electrons. The van der Waals surface area contributed by atoms with E-state index in [4.69, 9.17) is 0 Å². The molecule has 16 heavy (non-hydrogen) atoms.